The third-order valence-electron chi connectivity index (χ3n) is 12.8. The molecular weight excluding hydrogens is 1140 g/mol. The fourth-order valence-corrected chi connectivity index (χ4v) is 9.89. The van der Waals surface area contributed by atoms with Crippen LogP contribution in [0.15, 0.2) is 90.3 Å². The summed E-state index contributed by atoms with van der Waals surface area (Å²) in [6.07, 6.45) is 46.6. The van der Waals surface area contributed by atoms with Crippen LogP contribution in [0.4, 0.5) is 0 Å². The topological polar surface area (TPSA) is 125 Å². The summed E-state index contributed by atoms with van der Waals surface area (Å²) in [6.45, 7) is 59.4. The Hall–Kier alpha value is -7.45. The molecule has 0 spiro atoms. The molecule has 472 valence electrons. The van der Waals surface area contributed by atoms with E-state index in [1.807, 2.05) is 67.7 Å². The van der Waals surface area contributed by atoms with Gasteiger partial charge >= 0.3 is 5.84 Å². The van der Waals surface area contributed by atoms with E-state index in [2.05, 4.69) is 254 Å². The maximum atomic E-state index is 11.0. The summed E-state index contributed by atoms with van der Waals surface area (Å²) in [5.74, 6) is 15.2. The van der Waals surface area contributed by atoms with Crippen molar-refractivity contribution in [1.82, 2.24) is 43.5 Å². The quantitative estimate of drug-likeness (QED) is 0.125. The summed E-state index contributed by atoms with van der Waals surface area (Å²) in [7, 11) is 0. The van der Waals surface area contributed by atoms with Gasteiger partial charge in [0.1, 0.15) is 23.1 Å². The molecule has 6 aromatic rings. The minimum Gasteiger partial charge on any atom is -0.319 e. The number of terminal acetylenes is 5. The first-order valence-electron chi connectivity index (χ1n) is 29.3. The van der Waals surface area contributed by atoms with Crippen LogP contribution in [0.3, 0.4) is 0 Å². The smallest absolute Gasteiger partial charge is 0.317 e. The van der Waals surface area contributed by atoms with Crippen LogP contribution in [0.2, 0.25) is 0 Å². The number of hydrogen-bond donors (Lipinski definition) is 0. The summed E-state index contributed by atoms with van der Waals surface area (Å²) in [4.78, 5) is 28.9. The van der Waals surface area contributed by atoms with Crippen molar-refractivity contribution < 1.29 is 9.37 Å². The molecule has 1 unspecified atom stereocenters. The number of allylic oxidation sites excluding steroid dienone is 2. The molecule has 1 atom stereocenters. The van der Waals surface area contributed by atoms with E-state index in [9.17, 15) is 4.79 Å². The number of amidine groups is 1. The second-order valence-electron chi connectivity index (χ2n) is 28.8. The van der Waals surface area contributed by atoms with Gasteiger partial charge in [-0.25, -0.2) is 19.5 Å². The molecule has 0 saturated carbocycles. The van der Waals surface area contributed by atoms with E-state index >= 15 is 0 Å². The van der Waals surface area contributed by atoms with Gasteiger partial charge in [0.25, 0.3) is 0 Å². The number of aromatic nitrogens is 9. The fraction of sp³-hybridized carbons (Fsp3) is 0.493. The maximum absolute atomic E-state index is 11.0. The Balaban J connectivity index is 0.000000503. The number of carbonyl (C=O) groups excluding carboxylic acids is 1. The van der Waals surface area contributed by atoms with Gasteiger partial charge in [-0.3, -0.25) is 14.2 Å². The van der Waals surface area contributed by atoms with Crippen molar-refractivity contribution in [2.75, 3.05) is 6.54 Å². The zero-order valence-electron chi connectivity index (χ0n) is 57.6. The van der Waals surface area contributed by atoms with E-state index in [4.69, 9.17) is 32.1 Å². The average molecular weight is 1250 g/mol. The molecule has 88 heavy (non-hydrogen) atoms. The lowest BCUT2D eigenvalue weighted by molar-refractivity contribution is -0.482. The number of thiazole rings is 2. The molecule has 7 heterocycles. The number of aliphatic imine (C=N–C) groups is 1. The second-order valence-corrected chi connectivity index (χ2v) is 31.3. The number of carbonyl (C=O) groups is 1. The predicted octanol–water partition coefficient (Wildman–Crippen LogP) is 16.8. The Bertz CT molecular complexity index is 3270. The number of ketones is 1. The Morgan fingerprint density at radius 3 is 1.57 bits per heavy atom. The zero-order valence-corrected chi connectivity index (χ0v) is 60.1. The summed E-state index contributed by atoms with van der Waals surface area (Å²) < 4.78 is 12.0. The van der Waals surface area contributed by atoms with Crippen LogP contribution < -0.4 is 0 Å². The first-order chi connectivity index (χ1) is 40.3. The zero-order chi connectivity index (χ0) is 67.9. The molecular formula is C73H102N11OS3+. The van der Waals surface area contributed by atoms with Gasteiger partial charge in [-0.1, -0.05) is 107 Å². The molecule has 0 amide bonds. The Morgan fingerprint density at radius 1 is 0.659 bits per heavy atom. The van der Waals surface area contributed by atoms with E-state index < -0.39 is 0 Å². The van der Waals surface area contributed by atoms with Gasteiger partial charge in [0.15, 0.2) is 28.2 Å². The van der Waals surface area contributed by atoms with Crippen LogP contribution in [0.5, 0.6) is 0 Å². The van der Waals surface area contributed by atoms with E-state index in [0.29, 0.717) is 17.4 Å². The second kappa shape index (κ2) is 33.8. The van der Waals surface area contributed by atoms with Crippen molar-refractivity contribution in [3.8, 4) is 61.7 Å². The molecule has 1 aliphatic carbocycles. The van der Waals surface area contributed by atoms with Crippen LogP contribution in [-0.4, -0.2) is 77.9 Å². The van der Waals surface area contributed by atoms with Crippen molar-refractivity contribution in [2.24, 2.45) is 16.3 Å². The molecule has 8 rings (SSSR count). The molecule has 0 aromatic carbocycles. The Morgan fingerprint density at radius 2 is 1.25 bits per heavy atom. The highest BCUT2D eigenvalue weighted by atomic mass is 32.1. The van der Waals surface area contributed by atoms with Gasteiger partial charge < -0.3 is 4.57 Å². The third kappa shape index (κ3) is 27.7. The minimum atomic E-state index is 0.0229. The Labute approximate surface area is 543 Å². The first kappa shape index (κ1) is 78.6. The average Bonchev–Trinajstić information content (AvgIpc) is 4.47. The van der Waals surface area contributed by atoms with E-state index in [1.54, 1.807) is 35.8 Å². The van der Waals surface area contributed by atoms with Crippen LogP contribution in [-0.2, 0) is 37.7 Å². The van der Waals surface area contributed by atoms with Crippen LogP contribution in [0.1, 0.15) is 228 Å². The van der Waals surface area contributed by atoms with E-state index in [1.165, 1.54) is 33.3 Å². The molecule has 1 aliphatic heterocycles. The molecule has 0 fully saturated rings. The largest absolute Gasteiger partial charge is 0.319 e. The molecule has 2 aliphatic rings. The molecule has 0 bridgehead atoms. The van der Waals surface area contributed by atoms with Gasteiger partial charge in [-0.05, 0) is 177 Å². The highest BCUT2D eigenvalue weighted by Gasteiger charge is 2.29. The van der Waals surface area contributed by atoms with Gasteiger partial charge in [0, 0.05) is 75.6 Å². The summed E-state index contributed by atoms with van der Waals surface area (Å²) in [5.41, 5.74) is 5.61. The Kier molecular flexibility index (Phi) is 30.2. The minimum absolute atomic E-state index is 0.0229. The van der Waals surface area contributed by atoms with Gasteiger partial charge in [0.2, 0.25) is 0 Å². The summed E-state index contributed by atoms with van der Waals surface area (Å²) in [5, 5.41) is 14.1. The van der Waals surface area contributed by atoms with Crippen molar-refractivity contribution in [2.45, 2.75) is 217 Å². The summed E-state index contributed by atoms with van der Waals surface area (Å²) >= 11 is 4.55. The van der Waals surface area contributed by atoms with Crippen LogP contribution >= 0.6 is 34.2 Å². The molecule has 12 nitrogen and oxygen atoms in total. The molecule has 0 saturated heterocycles. The van der Waals surface area contributed by atoms with Gasteiger partial charge in [0.05, 0.1) is 22.5 Å². The third-order valence-corrected chi connectivity index (χ3v) is 15.5. The highest BCUT2D eigenvalue weighted by Crippen LogP contribution is 2.34. The van der Waals surface area contributed by atoms with Crippen molar-refractivity contribution in [3.63, 3.8) is 0 Å². The van der Waals surface area contributed by atoms with Crippen molar-refractivity contribution in [3.05, 3.63) is 134 Å². The monoisotopic (exact) mass is 1240 g/mol. The lowest BCUT2D eigenvalue weighted by Crippen LogP contribution is -2.35. The standard InChI is InChI=1S/C10H16O.C9H15N2.C9H12N2.C9H14N2.C9H12N2.3C9H11NS/c1-10(2,3)8-5-4-6-9(11)7-8;2*1-5-8-10-6-7-11(8)9(2,3)4;2*1-5-8-6-7-11(10-8)9(2,3)4;1-5-8-10-7(6-11-8)9(2,3)4;1-5-8-10-6-7(11-8)9(2,3)4;1-5-8-7(6-11-10-8)9(2,3)4/h4,6,8H,5,7H2,1-3H3;5,7H,1,6H2,2-4H3;1,6-7H,2-4H3;5-7H,1H2,2-4H3;1,6-7H,2-4H3;3*1,6H,2-4H3/q;+1;;;;;;. The SMILES string of the molecule is C#Cc1ccn(C(C)(C)C)n1.C#Cc1nc(C(C)(C)C)cs1.C#Cc1ncc(C(C)(C)C)s1.C#Cc1nccn1C(C)(C)C.C#Cc1nscc1C(C)(C)C.C=CC1=NCC=[N+]1C(C)(C)C.C=Cc1ccn(C(C)(C)C)n1.CC(C)(C)C1CC=CC(=O)C1. The van der Waals surface area contributed by atoms with E-state index in [-0.39, 0.29) is 49.6 Å². The maximum Gasteiger partial charge on any atom is 0.317 e. The van der Waals surface area contributed by atoms with Crippen molar-refractivity contribution in [1.29, 1.82) is 0 Å². The lowest BCUT2D eigenvalue weighted by atomic mass is 9.74. The number of imidazole rings is 1. The van der Waals surface area contributed by atoms with E-state index in [0.717, 1.165) is 52.3 Å². The van der Waals surface area contributed by atoms with Crippen molar-refractivity contribution >= 4 is 58.1 Å². The molecule has 0 radical (unpaired) electrons. The number of rotatable bonds is 2. The summed E-state index contributed by atoms with van der Waals surface area (Å²) in [6, 6.07) is 3.80. The van der Waals surface area contributed by atoms with Crippen LogP contribution in [0, 0.1) is 73.1 Å². The molecule has 0 N–H and O–H groups in total. The molecule has 15 heteroatoms. The van der Waals surface area contributed by atoms with Gasteiger partial charge in [-0.2, -0.15) is 14.6 Å². The fourth-order valence-electron chi connectivity index (χ4n) is 7.38. The number of nitrogens with zero attached hydrogens (tertiary/aromatic N) is 11. The number of hydrogen-bond acceptors (Lipinski definition) is 11. The van der Waals surface area contributed by atoms with Crippen LogP contribution in [0.25, 0.3) is 6.08 Å². The normalized spacial score (nSPS) is 13.8. The lowest BCUT2D eigenvalue weighted by Gasteiger charge is -2.30. The molecule has 6 aromatic heterocycles. The first-order valence-corrected chi connectivity index (χ1v) is 31.8. The predicted molar refractivity (Wildman–Crippen MR) is 379 cm³/mol. The van der Waals surface area contributed by atoms with Gasteiger partial charge in [-0.15, -0.1) is 54.8 Å². The highest BCUT2D eigenvalue weighted by molar-refractivity contribution is 7.12.